The van der Waals surface area contributed by atoms with Gasteiger partial charge in [-0.1, -0.05) is 25.1 Å². The molecule has 20 heavy (non-hydrogen) atoms. The lowest BCUT2D eigenvalue weighted by molar-refractivity contribution is -0.155. The van der Waals surface area contributed by atoms with E-state index >= 15 is 0 Å². The summed E-state index contributed by atoms with van der Waals surface area (Å²) in [6.07, 6.45) is 6.59. The van der Waals surface area contributed by atoms with Gasteiger partial charge in [0.15, 0.2) is 0 Å². The van der Waals surface area contributed by atoms with Crippen LogP contribution in [0.2, 0.25) is 0 Å². The van der Waals surface area contributed by atoms with Gasteiger partial charge in [-0.15, -0.1) is 0 Å². The van der Waals surface area contributed by atoms with Crippen LogP contribution in [0.5, 0.6) is 0 Å². The van der Waals surface area contributed by atoms with E-state index in [0.717, 1.165) is 31.1 Å². The summed E-state index contributed by atoms with van der Waals surface area (Å²) < 4.78 is 14.1. The molecule has 3 atom stereocenters. The summed E-state index contributed by atoms with van der Waals surface area (Å²) in [6.45, 7) is 2.38. The summed E-state index contributed by atoms with van der Waals surface area (Å²) in [5.41, 5.74) is 0.829. The molecule has 5 rings (SSSR count). The topological polar surface area (TPSA) is 20.2 Å². The van der Waals surface area contributed by atoms with E-state index in [2.05, 4.69) is 6.92 Å². The molecule has 0 radical (unpaired) electrons. The normalized spacial score (nSPS) is 43.8. The lowest BCUT2D eigenvalue weighted by Crippen LogP contribution is -2.53. The zero-order valence-corrected chi connectivity index (χ0v) is 12.1. The van der Waals surface area contributed by atoms with Crippen molar-refractivity contribution in [3.05, 3.63) is 35.6 Å². The highest BCUT2D eigenvalue weighted by molar-refractivity contribution is 5.24. The first kappa shape index (κ1) is 12.8. The van der Waals surface area contributed by atoms with Crippen LogP contribution in [0.25, 0.3) is 0 Å². The van der Waals surface area contributed by atoms with Gasteiger partial charge in [0.1, 0.15) is 5.82 Å². The Kier molecular flexibility index (Phi) is 2.61. The van der Waals surface area contributed by atoms with Crippen LogP contribution >= 0.6 is 0 Å². The van der Waals surface area contributed by atoms with Crippen LogP contribution in [0.15, 0.2) is 24.3 Å². The van der Waals surface area contributed by atoms with Gasteiger partial charge < -0.3 is 5.11 Å². The number of halogens is 1. The number of rotatable bonds is 2. The molecule has 1 aromatic rings. The van der Waals surface area contributed by atoms with E-state index in [1.54, 1.807) is 12.1 Å². The van der Waals surface area contributed by atoms with Crippen LogP contribution in [0, 0.1) is 28.5 Å². The smallest absolute Gasteiger partial charge is 0.129 e. The van der Waals surface area contributed by atoms with Gasteiger partial charge in [-0.05, 0) is 61.8 Å². The summed E-state index contributed by atoms with van der Waals surface area (Å²) in [4.78, 5) is 0. The molecule has 0 aromatic heterocycles. The molecule has 0 heterocycles. The molecule has 1 N–H and O–H groups in total. The third-order valence-corrected chi connectivity index (χ3v) is 6.18. The molecule has 0 spiro atoms. The van der Waals surface area contributed by atoms with Crippen LogP contribution < -0.4 is 0 Å². The summed E-state index contributed by atoms with van der Waals surface area (Å²) in [5, 5.41) is 10.9. The molecule has 4 bridgehead atoms. The van der Waals surface area contributed by atoms with E-state index in [0.29, 0.717) is 11.0 Å². The molecule has 4 fully saturated rings. The largest absolute Gasteiger partial charge is 0.388 e. The van der Waals surface area contributed by atoms with Gasteiger partial charge in [-0.3, -0.25) is 0 Å². The van der Waals surface area contributed by atoms with Gasteiger partial charge >= 0.3 is 0 Å². The molecular weight excluding hydrogens is 251 g/mol. The van der Waals surface area contributed by atoms with Crippen LogP contribution in [0.1, 0.15) is 57.1 Å². The minimum Gasteiger partial charge on any atom is -0.388 e. The maximum atomic E-state index is 14.1. The molecular formula is C18H23FO. The minimum atomic E-state index is -0.631. The summed E-state index contributed by atoms with van der Waals surface area (Å²) >= 11 is 0. The van der Waals surface area contributed by atoms with Gasteiger partial charge in [0.25, 0.3) is 0 Å². The van der Waals surface area contributed by atoms with E-state index < -0.39 is 6.10 Å². The Morgan fingerprint density at radius 2 is 1.80 bits per heavy atom. The van der Waals surface area contributed by atoms with Gasteiger partial charge in [0.05, 0.1) is 6.10 Å². The van der Waals surface area contributed by atoms with Gasteiger partial charge in [-0.2, -0.15) is 0 Å². The standard InChI is InChI=1S/C18H23FO/c1-17-7-12-6-13(8-17)10-18(9-12,11-17)16(20)14-4-2-3-5-15(14)19/h2-5,12-13,16,20H,6-11H2,1H3. The first-order chi connectivity index (χ1) is 9.50. The third kappa shape index (κ3) is 1.77. The zero-order valence-electron chi connectivity index (χ0n) is 12.1. The van der Waals surface area contributed by atoms with E-state index in [-0.39, 0.29) is 11.2 Å². The Morgan fingerprint density at radius 1 is 1.15 bits per heavy atom. The predicted molar refractivity (Wildman–Crippen MR) is 76.6 cm³/mol. The average molecular weight is 274 g/mol. The van der Waals surface area contributed by atoms with Crippen molar-refractivity contribution >= 4 is 0 Å². The minimum absolute atomic E-state index is 0.0684. The fraction of sp³-hybridized carbons (Fsp3) is 0.667. The van der Waals surface area contributed by atoms with E-state index in [4.69, 9.17) is 0 Å². The number of aliphatic hydroxyl groups is 1. The molecule has 1 nitrogen and oxygen atoms in total. The van der Waals surface area contributed by atoms with Crippen molar-refractivity contribution in [1.82, 2.24) is 0 Å². The SMILES string of the molecule is CC12CC3CC(C1)CC(C(O)c1ccccc1F)(C3)C2. The van der Waals surface area contributed by atoms with E-state index in [1.165, 1.54) is 25.3 Å². The van der Waals surface area contributed by atoms with Gasteiger partial charge in [0.2, 0.25) is 0 Å². The summed E-state index contributed by atoms with van der Waals surface area (Å²) in [6, 6.07) is 6.78. The van der Waals surface area contributed by atoms with Crippen LogP contribution in [-0.2, 0) is 0 Å². The summed E-state index contributed by atoms with van der Waals surface area (Å²) in [5.74, 6) is 1.26. The third-order valence-electron chi connectivity index (χ3n) is 6.18. The molecule has 0 saturated heterocycles. The Balaban J connectivity index is 1.73. The molecule has 4 saturated carbocycles. The molecule has 2 heteroatoms. The quantitative estimate of drug-likeness (QED) is 0.844. The molecule has 3 unspecified atom stereocenters. The maximum Gasteiger partial charge on any atom is 0.129 e. The Morgan fingerprint density at radius 3 is 2.40 bits per heavy atom. The monoisotopic (exact) mass is 274 g/mol. The molecule has 0 amide bonds. The molecule has 1 aromatic carbocycles. The zero-order chi connectivity index (χ0) is 14.0. The van der Waals surface area contributed by atoms with E-state index in [9.17, 15) is 9.50 Å². The molecule has 4 aliphatic carbocycles. The number of hydrogen-bond donors (Lipinski definition) is 1. The highest BCUT2D eigenvalue weighted by Gasteiger charge is 2.58. The lowest BCUT2D eigenvalue weighted by Gasteiger charge is -2.62. The Hall–Kier alpha value is -0.890. The van der Waals surface area contributed by atoms with Gasteiger partial charge in [-0.25, -0.2) is 4.39 Å². The van der Waals surface area contributed by atoms with Crippen molar-refractivity contribution in [2.75, 3.05) is 0 Å². The van der Waals surface area contributed by atoms with Gasteiger partial charge in [0, 0.05) is 11.0 Å². The number of hydrogen-bond acceptors (Lipinski definition) is 1. The fourth-order valence-corrected chi connectivity index (χ4v) is 6.14. The van der Waals surface area contributed by atoms with Crippen molar-refractivity contribution in [1.29, 1.82) is 0 Å². The second-order valence-corrected chi connectivity index (χ2v) is 8.06. The Labute approximate surface area is 120 Å². The average Bonchev–Trinajstić information content (AvgIpc) is 2.35. The second-order valence-electron chi connectivity index (χ2n) is 8.06. The van der Waals surface area contributed by atoms with Crippen molar-refractivity contribution in [2.45, 2.75) is 51.6 Å². The highest BCUT2D eigenvalue weighted by atomic mass is 19.1. The maximum absolute atomic E-state index is 14.1. The molecule has 4 aliphatic rings. The molecule has 108 valence electrons. The first-order valence-corrected chi connectivity index (χ1v) is 7.92. The number of benzene rings is 1. The van der Waals surface area contributed by atoms with E-state index in [1.807, 2.05) is 6.07 Å². The first-order valence-electron chi connectivity index (χ1n) is 7.92. The fourth-order valence-electron chi connectivity index (χ4n) is 6.14. The predicted octanol–water partition coefficient (Wildman–Crippen LogP) is 4.47. The van der Waals surface area contributed by atoms with Crippen LogP contribution in [0.3, 0.4) is 0 Å². The summed E-state index contributed by atoms with van der Waals surface area (Å²) in [7, 11) is 0. The van der Waals surface area contributed by atoms with Crippen LogP contribution in [0.4, 0.5) is 4.39 Å². The Bertz CT molecular complexity index is 524. The lowest BCUT2D eigenvalue weighted by atomic mass is 9.43. The molecule has 0 aliphatic heterocycles. The number of aliphatic hydroxyl groups excluding tert-OH is 1. The second kappa shape index (κ2) is 4.07. The van der Waals surface area contributed by atoms with Crippen molar-refractivity contribution in [3.8, 4) is 0 Å². The highest BCUT2D eigenvalue weighted by Crippen LogP contribution is 2.68. The van der Waals surface area contributed by atoms with Crippen LogP contribution in [-0.4, -0.2) is 5.11 Å². The van der Waals surface area contributed by atoms with Crippen molar-refractivity contribution in [3.63, 3.8) is 0 Å². The van der Waals surface area contributed by atoms with Crippen molar-refractivity contribution in [2.24, 2.45) is 22.7 Å². The van der Waals surface area contributed by atoms with Crippen molar-refractivity contribution < 1.29 is 9.50 Å².